The van der Waals surface area contributed by atoms with Gasteiger partial charge >= 0.3 is 5.69 Å². The van der Waals surface area contributed by atoms with Crippen molar-refractivity contribution < 1.29 is 9.72 Å². The summed E-state index contributed by atoms with van der Waals surface area (Å²) in [6, 6.07) is 9.80. The van der Waals surface area contributed by atoms with Gasteiger partial charge in [-0.1, -0.05) is 18.2 Å². The van der Waals surface area contributed by atoms with Crippen LogP contribution in [-0.2, 0) is 12.1 Å². The van der Waals surface area contributed by atoms with E-state index < -0.39 is 10.8 Å². The van der Waals surface area contributed by atoms with Gasteiger partial charge in [-0.05, 0) is 82.3 Å². The highest BCUT2D eigenvalue weighted by atomic mass is 16.6. The zero-order valence-corrected chi connectivity index (χ0v) is 20.1. The van der Waals surface area contributed by atoms with E-state index in [-0.39, 0.29) is 23.5 Å². The Morgan fingerprint density at radius 3 is 2.31 bits per heavy atom. The number of para-hydroxylation sites is 1. The fourth-order valence-electron chi connectivity index (χ4n) is 7.25. The molecular formula is C26H30N6O3. The molecule has 0 spiro atoms. The lowest BCUT2D eigenvalue weighted by Gasteiger charge is -2.56. The Labute approximate surface area is 203 Å². The summed E-state index contributed by atoms with van der Waals surface area (Å²) >= 11 is 0. The third-order valence-corrected chi connectivity index (χ3v) is 8.47. The molecule has 0 aliphatic heterocycles. The number of amides is 1. The molecule has 1 N–H and O–H groups in total. The van der Waals surface area contributed by atoms with Crippen LogP contribution in [0, 0.1) is 41.7 Å². The predicted molar refractivity (Wildman–Crippen MR) is 129 cm³/mol. The smallest absolute Gasteiger partial charge is 0.320 e. The first-order valence-corrected chi connectivity index (χ1v) is 12.5. The molecule has 1 aromatic carbocycles. The molecule has 4 saturated carbocycles. The number of benzene rings is 1. The molecule has 4 aliphatic rings. The van der Waals surface area contributed by atoms with E-state index in [2.05, 4.69) is 15.5 Å². The van der Waals surface area contributed by atoms with Crippen LogP contribution in [0.15, 0.2) is 36.5 Å². The first-order valence-electron chi connectivity index (χ1n) is 12.5. The zero-order chi connectivity index (χ0) is 24.3. The van der Waals surface area contributed by atoms with Crippen LogP contribution < -0.4 is 5.32 Å². The molecule has 2 heterocycles. The summed E-state index contributed by atoms with van der Waals surface area (Å²) in [5.41, 5.74) is 3.06. The van der Waals surface area contributed by atoms with Crippen molar-refractivity contribution in [1.82, 2.24) is 24.9 Å². The summed E-state index contributed by atoms with van der Waals surface area (Å²) in [4.78, 5) is 24.5. The van der Waals surface area contributed by atoms with Crippen molar-refractivity contribution in [2.45, 2.75) is 64.5 Å². The Morgan fingerprint density at radius 2 is 1.71 bits per heavy atom. The van der Waals surface area contributed by atoms with E-state index in [1.807, 2.05) is 48.9 Å². The lowest BCUT2D eigenvalue weighted by Crippen LogP contribution is -2.52. The van der Waals surface area contributed by atoms with Crippen molar-refractivity contribution in [2.24, 2.45) is 17.8 Å². The summed E-state index contributed by atoms with van der Waals surface area (Å²) in [6.45, 7) is 4.08. The van der Waals surface area contributed by atoms with E-state index in [1.165, 1.54) is 25.5 Å². The Morgan fingerprint density at radius 1 is 1.09 bits per heavy atom. The predicted octanol–water partition coefficient (Wildman–Crippen LogP) is 4.45. The molecule has 3 aromatic rings. The van der Waals surface area contributed by atoms with Crippen LogP contribution in [0.25, 0.3) is 5.69 Å². The van der Waals surface area contributed by atoms with Crippen LogP contribution in [0.1, 0.15) is 66.0 Å². The fraction of sp³-hybridized carbons (Fsp3) is 0.500. The van der Waals surface area contributed by atoms with Crippen molar-refractivity contribution in [3.63, 3.8) is 0 Å². The number of aromatic nitrogens is 4. The Hall–Kier alpha value is -3.49. The van der Waals surface area contributed by atoms with Crippen molar-refractivity contribution >= 4 is 11.6 Å². The minimum atomic E-state index is -0.522. The minimum absolute atomic E-state index is 0.100. The van der Waals surface area contributed by atoms with Gasteiger partial charge in [-0.15, -0.1) is 0 Å². The summed E-state index contributed by atoms with van der Waals surface area (Å²) in [5.74, 6) is 1.50. The van der Waals surface area contributed by atoms with Gasteiger partial charge in [-0.2, -0.15) is 10.2 Å². The van der Waals surface area contributed by atoms with Gasteiger partial charge in [0, 0.05) is 17.8 Å². The molecular weight excluding hydrogens is 444 g/mol. The van der Waals surface area contributed by atoms with Gasteiger partial charge in [0.2, 0.25) is 5.69 Å². The number of carbonyl (C=O) groups is 1. The second kappa shape index (κ2) is 8.03. The molecule has 4 aliphatic carbocycles. The Bertz CT molecular complexity index is 1270. The van der Waals surface area contributed by atoms with Gasteiger partial charge < -0.3 is 5.32 Å². The third-order valence-electron chi connectivity index (χ3n) is 8.47. The van der Waals surface area contributed by atoms with Crippen molar-refractivity contribution in [3.05, 3.63) is 69.3 Å². The first-order chi connectivity index (χ1) is 16.8. The topological polar surface area (TPSA) is 108 Å². The highest BCUT2D eigenvalue weighted by molar-refractivity contribution is 5.96. The molecule has 7 rings (SSSR count). The Balaban J connectivity index is 1.25. The molecule has 2 aromatic heterocycles. The first kappa shape index (κ1) is 22.0. The molecule has 0 unspecified atom stereocenters. The quantitative estimate of drug-likeness (QED) is 0.419. The van der Waals surface area contributed by atoms with Crippen LogP contribution in [0.2, 0.25) is 0 Å². The van der Waals surface area contributed by atoms with Crippen molar-refractivity contribution in [2.75, 3.05) is 0 Å². The number of rotatable bonds is 6. The highest BCUT2D eigenvalue weighted by Gasteiger charge is 2.53. The molecule has 0 radical (unpaired) electrons. The van der Waals surface area contributed by atoms with Gasteiger partial charge in [0.15, 0.2) is 0 Å². The molecule has 9 heteroatoms. The van der Waals surface area contributed by atoms with Crippen LogP contribution in [-0.4, -0.2) is 30.4 Å². The molecule has 9 nitrogen and oxygen atoms in total. The monoisotopic (exact) mass is 474 g/mol. The lowest BCUT2D eigenvalue weighted by atomic mass is 9.53. The van der Waals surface area contributed by atoms with Crippen LogP contribution in [0.4, 0.5) is 5.69 Å². The maximum Gasteiger partial charge on any atom is 0.320 e. The van der Waals surface area contributed by atoms with E-state index >= 15 is 0 Å². The van der Waals surface area contributed by atoms with E-state index in [1.54, 1.807) is 4.68 Å². The molecule has 4 bridgehead atoms. The van der Waals surface area contributed by atoms with Crippen LogP contribution in [0.3, 0.4) is 0 Å². The SMILES string of the molecule is Cc1nn(-c2ccccc2)c(C)c1CNC(=O)c1nn(C23CC4CC(CC(C4)C2)C3)cc1[N+](=O)[O-]. The maximum atomic E-state index is 13.2. The Kier molecular flexibility index (Phi) is 5.05. The second-order valence-electron chi connectivity index (χ2n) is 10.8. The summed E-state index contributed by atoms with van der Waals surface area (Å²) in [5, 5.41) is 23.9. The highest BCUT2D eigenvalue weighted by Crippen LogP contribution is 2.58. The van der Waals surface area contributed by atoms with Gasteiger partial charge in [0.25, 0.3) is 5.91 Å². The maximum absolute atomic E-state index is 13.2. The second-order valence-corrected chi connectivity index (χ2v) is 10.8. The largest absolute Gasteiger partial charge is 0.346 e. The van der Waals surface area contributed by atoms with Crippen molar-refractivity contribution in [1.29, 1.82) is 0 Å². The van der Waals surface area contributed by atoms with E-state index in [0.717, 1.165) is 41.9 Å². The summed E-state index contributed by atoms with van der Waals surface area (Å²) in [7, 11) is 0. The van der Waals surface area contributed by atoms with Gasteiger partial charge in [-0.25, -0.2) is 4.68 Å². The van der Waals surface area contributed by atoms with E-state index in [4.69, 9.17) is 0 Å². The number of carbonyl (C=O) groups excluding carboxylic acids is 1. The molecule has 35 heavy (non-hydrogen) atoms. The molecule has 4 fully saturated rings. The standard InChI is InChI=1S/C26H30N6O3/c1-16-22(17(2)31(28-16)21-6-4-3-5-7-21)14-27-25(33)24-23(32(34)35)15-30(29-24)26-11-18-8-19(12-26)10-20(9-18)13-26/h3-7,15,18-20H,8-14H2,1-2H3,(H,27,33). The molecule has 0 saturated heterocycles. The number of hydrogen-bond acceptors (Lipinski definition) is 5. The van der Waals surface area contributed by atoms with Crippen molar-refractivity contribution in [3.8, 4) is 5.69 Å². The normalized spacial score (nSPS) is 26.7. The molecule has 1 amide bonds. The summed E-state index contributed by atoms with van der Waals surface area (Å²) in [6.07, 6.45) is 8.34. The average molecular weight is 475 g/mol. The minimum Gasteiger partial charge on any atom is -0.346 e. The molecule has 0 atom stereocenters. The van der Waals surface area contributed by atoms with Gasteiger partial charge in [0.1, 0.15) is 6.20 Å². The zero-order valence-electron chi connectivity index (χ0n) is 20.1. The van der Waals surface area contributed by atoms with Crippen LogP contribution in [0.5, 0.6) is 0 Å². The summed E-state index contributed by atoms with van der Waals surface area (Å²) < 4.78 is 3.63. The van der Waals surface area contributed by atoms with Gasteiger partial charge in [0.05, 0.1) is 21.8 Å². The number of aryl methyl sites for hydroxylation is 1. The number of hydrogen-bond donors (Lipinski definition) is 1. The number of nitrogens with one attached hydrogen (secondary N) is 1. The van der Waals surface area contributed by atoms with E-state index in [9.17, 15) is 14.9 Å². The lowest BCUT2D eigenvalue weighted by molar-refractivity contribution is -0.385. The van der Waals surface area contributed by atoms with Gasteiger partial charge in [-0.3, -0.25) is 19.6 Å². The number of nitrogens with zero attached hydrogens (tertiary/aromatic N) is 5. The third kappa shape index (κ3) is 3.64. The average Bonchev–Trinajstić information content (AvgIpc) is 3.40. The number of nitro groups is 1. The van der Waals surface area contributed by atoms with Crippen LogP contribution >= 0.6 is 0 Å². The van der Waals surface area contributed by atoms with E-state index in [0.29, 0.717) is 17.8 Å². The molecule has 182 valence electrons. The fourth-order valence-corrected chi connectivity index (χ4v) is 7.25.